The minimum absolute atomic E-state index is 0.0758. The van der Waals surface area contributed by atoms with Crippen molar-refractivity contribution < 1.29 is 14.7 Å². The second-order valence-corrected chi connectivity index (χ2v) is 3.57. The van der Waals surface area contributed by atoms with E-state index in [0.29, 0.717) is 12.5 Å². The van der Waals surface area contributed by atoms with Gasteiger partial charge in [0.2, 0.25) is 0 Å². The Morgan fingerprint density at radius 1 is 1.77 bits per heavy atom. The third kappa shape index (κ3) is 2.34. The number of rotatable bonds is 3. The zero-order valence-corrected chi connectivity index (χ0v) is 7.78. The zero-order valence-electron chi connectivity index (χ0n) is 7.78. The van der Waals surface area contributed by atoms with Gasteiger partial charge >= 0.3 is 12.0 Å². The van der Waals surface area contributed by atoms with Crippen molar-refractivity contribution in [1.82, 2.24) is 10.2 Å². The largest absolute Gasteiger partial charge is 0.480 e. The monoisotopic (exact) mass is 186 g/mol. The highest BCUT2D eigenvalue weighted by atomic mass is 16.4. The van der Waals surface area contributed by atoms with Crippen molar-refractivity contribution >= 4 is 12.0 Å². The second-order valence-electron chi connectivity index (χ2n) is 3.57. The van der Waals surface area contributed by atoms with Crippen molar-refractivity contribution in [3.8, 4) is 0 Å². The summed E-state index contributed by atoms with van der Waals surface area (Å²) in [5, 5.41) is 11.2. The number of carboxylic acids is 1. The van der Waals surface area contributed by atoms with Gasteiger partial charge in [-0.2, -0.15) is 0 Å². The van der Waals surface area contributed by atoms with E-state index in [1.165, 1.54) is 4.90 Å². The maximum Gasteiger partial charge on any atom is 0.323 e. The van der Waals surface area contributed by atoms with E-state index in [4.69, 9.17) is 5.11 Å². The van der Waals surface area contributed by atoms with Gasteiger partial charge in [0.15, 0.2) is 0 Å². The fourth-order valence-corrected chi connectivity index (χ4v) is 1.29. The van der Waals surface area contributed by atoms with Crippen molar-refractivity contribution in [2.24, 2.45) is 5.92 Å². The molecule has 1 unspecified atom stereocenters. The molecule has 0 radical (unpaired) electrons. The Bertz CT molecular complexity index is 227. The first-order valence-electron chi connectivity index (χ1n) is 4.28. The van der Waals surface area contributed by atoms with Crippen molar-refractivity contribution in [3.05, 3.63) is 0 Å². The van der Waals surface area contributed by atoms with Crippen molar-refractivity contribution in [3.63, 3.8) is 0 Å². The van der Waals surface area contributed by atoms with Crippen LogP contribution in [0.15, 0.2) is 0 Å². The summed E-state index contributed by atoms with van der Waals surface area (Å²) in [6.45, 7) is 4.27. The third-order valence-corrected chi connectivity index (χ3v) is 2.14. The number of carbonyl (C=O) groups excluding carboxylic acids is 1. The Morgan fingerprint density at radius 3 is 2.77 bits per heavy atom. The van der Waals surface area contributed by atoms with E-state index in [0.717, 1.165) is 0 Å². The topological polar surface area (TPSA) is 69.6 Å². The molecule has 74 valence electrons. The van der Waals surface area contributed by atoms with Gasteiger partial charge in [0.1, 0.15) is 6.54 Å². The molecule has 0 aromatic rings. The maximum absolute atomic E-state index is 11.2. The normalized spacial score (nSPS) is 22.2. The van der Waals surface area contributed by atoms with Gasteiger partial charge in [0, 0.05) is 6.54 Å². The van der Waals surface area contributed by atoms with Gasteiger partial charge in [-0.05, 0) is 5.92 Å². The van der Waals surface area contributed by atoms with Crippen LogP contribution in [0, 0.1) is 5.92 Å². The van der Waals surface area contributed by atoms with Crippen LogP contribution in [-0.4, -0.2) is 41.1 Å². The smallest absolute Gasteiger partial charge is 0.323 e. The lowest BCUT2D eigenvalue weighted by Gasteiger charge is -2.13. The highest BCUT2D eigenvalue weighted by Gasteiger charge is 2.31. The molecule has 1 saturated heterocycles. The van der Waals surface area contributed by atoms with E-state index >= 15 is 0 Å². The first-order valence-corrected chi connectivity index (χ1v) is 4.28. The van der Waals surface area contributed by atoms with Crippen LogP contribution in [0.1, 0.15) is 13.8 Å². The van der Waals surface area contributed by atoms with E-state index in [2.05, 4.69) is 5.32 Å². The number of nitrogens with zero attached hydrogens (tertiary/aromatic N) is 1. The SMILES string of the molecule is CC(C)C1CN(CC(=O)O)C(=O)N1. The fourth-order valence-electron chi connectivity index (χ4n) is 1.29. The second kappa shape index (κ2) is 3.64. The minimum atomic E-state index is -0.973. The molecule has 2 amide bonds. The molecule has 1 atom stereocenters. The van der Waals surface area contributed by atoms with E-state index in [1.807, 2.05) is 13.8 Å². The number of hydrogen-bond acceptors (Lipinski definition) is 2. The van der Waals surface area contributed by atoms with Crippen molar-refractivity contribution in [1.29, 1.82) is 0 Å². The molecule has 0 saturated carbocycles. The van der Waals surface area contributed by atoms with E-state index < -0.39 is 5.97 Å². The van der Waals surface area contributed by atoms with Crippen LogP contribution < -0.4 is 5.32 Å². The van der Waals surface area contributed by atoms with Gasteiger partial charge in [-0.15, -0.1) is 0 Å². The third-order valence-electron chi connectivity index (χ3n) is 2.14. The molecule has 2 N–H and O–H groups in total. The first-order chi connectivity index (χ1) is 6.00. The molecule has 5 heteroatoms. The summed E-state index contributed by atoms with van der Waals surface area (Å²) in [6.07, 6.45) is 0. The first kappa shape index (κ1) is 9.83. The van der Waals surface area contributed by atoms with Gasteiger partial charge in [0.25, 0.3) is 0 Å². The van der Waals surface area contributed by atoms with Crippen LogP contribution in [0.25, 0.3) is 0 Å². The average molecular weight is 186 g/mol. The predicted molar refractivity (Wildman–Crippen MR) is 46.4 cm³/mol. The molecule has 0 aliphatic carbocycles. The maximum atomic E-state index is 11.2. The lowest BCUT2D eigenvalue weighted by atomic mass is 10.1. The molecule has 13 heavy (non-hydrogen) atoms. The van der Waals surface area contributed by atoms with Crippen LogP contribution >= 0.6 is 0 Å². The molecular formula is C8H14N2O3. The number of nitrogens with one attached hydrogen (secondary N) is 1. The lowest BCUT2D eigenvalue weighted by molar-refractivity contribution is -0.137. The summed E-state index contributed by atoms with van der Waals surface area (Å²) < 4.78 is 0. The molecule has 1 fully saturated rings. The Labute approximate surface area is 76.7 Å². The van der Waals surface area contributed by atoms with Gasteiger partial charge in [-0.3, -0.25) is 4.79 Å². The quantitative estimate of drug-likeness (QED) is 0.657. The highest BCUT2D eigenvalue weighted by Crippen LogP contribution is 2.10. The zero-order chi connectivity index (χ0) is 10.0. The van der Waals surface area contributed by atoms with Crippen molar-refractivity contribution in [2.45, 2.75) is 19.9 Å². The van der Waals surface area contributed by atoms with Gasteiger partial charge in [0.05, 0.1) is 6.04 Å². The number of carboxylic acid groups (broad SMARTS) is 1. The van der Waals surface area contributed by atoms with Crippen LogP contribution in [0.5, 0.6) is 0 Å². The summed E-state index contributed by atoms with van der Waals surface area (Å²) in [7, 11) is 0. The molecular weight excluding hydrogens is 172 g/mol. The molecule has 1 aliphatic heterocycles. The molecule has 0 spiro atoms. The Morgan fingerprint density at radius 2 is 2.38 bits per heavy atom. The summed E-state index contributed by atoms with van der Waals surface area (Å²) in [5.41, 5.74) is 0. The van der Waals surface area contributed by atoms with E-state index in [-0.39, 0.29) is 18.6 Å². The number of carbonyl (C=O) groups is 2. The van der Waals surface area contributed by atoms with Crippen LogP contribution in [0.4, 0.5) is 4.79 Å². The van der Waals surface area contributed by atoms with E-state index in [1.54, 1.807) is 0 Å². The number of urea groups is 1. The summed E-state index contributed by atoms with van der Waals surface area (Å²) in [5.74, 6) is -0.637. The standard InChI is InChI=1S/C8H14N2O3/c1-5(2)6-3-10(4-7(11)12)8(13)9-6/h5-6H,3-4H2,1-2H3,(H,9,13)(H,11,12). The Balaban J connectivity index is 2.51. The van der Waals surface area contributed by atoms with Gasteiger partial charge < -0.3 is 15.3 Å². The summed E-state index contributed by atoms with van der Waals surface area (Å²) in [6, 6.07) is -0.201. The molecule has 5 nitrogen and oxygen atoms in total. The Hall–Kier alpha value is -1.26. The number of aliphatic carboxylic acids is 1. The minimum Gasteiger partial charge on any atom is -0.480 e. The van der Waals surface area contributed by atoms with Crippen LogP contribution in [0.2, 0.25) is 0 Å². The summed E-state index contributed by atoms with van der Waals surface area (Å²) >= 11 is 0. The Kier molecular flexibility index (Phi) is 2.75. The molecule has 0 bridgehead atoms. The van der Waals surface area contributed by atoms with Crippen molar-refractivity contribution in [2.75, 3.05) is 13.1 Å². The molecule has 1 heterocycles. The van der Waals surface area contributed by atoms with Crippen LogP contribution in [-0.2, 0) is 4.79 Å². The average Bonchev–Trinajstić information content (AvgIpc) is 2.31. The summed E-state index contributed by atoms with van der Waals surface area (Å²) in [4.78, 5) is 22.8. The van der Waals surface area contributed by atoms with Gasteiger partial charge in [-0.25, -0.2) is 4.79 Å². The molecule has 1 aliphatic rings. The number of amides is 2. The fraction of sp³-hybridized carbons (Fsp3) is 0.750. The van der Waals surface area contributed by atoms with Crippen LogP contribution in [0.3, 0.4) is 0 Å². The highest BCUT2D eigenvalue weighted by molar-refractivity contribution is 5.82. The predicted octanol–water partition coefficient (Wildman–Crippen LogP) is 0.121. The molecule has 1 rings (SSSR count). The van der Waals surface area contributed by atoms with E-state index in [9.17, 15) is 9.59 Å². The number of hydrogen-bond donors (Lipinski definition) is 2. The molecule has 0 aromatic heterocycles. The molecule has 0 aromatic carbocycles. The van der Waals surface area contributed by atoms with Gasteiger partial charge in [-0.1, -0.05) is 13.8 Å². The lowest BCUT2D eigenvalue weighted by Crippen LogP contribution is -2.33.